The number of aliphatic hydroxyl groups excluding tert-OH is 1. The second-order valence-corrected chi connectivity index (χ2v) is 9.50. The third-order valence-electron chi connectivity index (χ3n) is 5.26. The number of rotatable bonds is 10. The summed E-state index contributed by atoms with van der Waals surface area (Å²) in [5, 5.41) is 8.91. The molecule has 0 unspecified atom stereocenters. The van der Waals surface area contributed by atoms with Gasteiger partial charge < -0.3 is 5.11 Å². The van der Waals surface area contributed by atoms with Crippen LogP contribution in [-0.2, 0) is 10.0 Å². The highest BCUT2D eigenvalue weighted by Crippen LogP contribution is 2.27. The highest BCUT2D eigenvalue weighted by molar-refractivity contribution is 7.89. The minimum absolute atomic E-state index is 0.0220. The monoisotopic (exact) mass is 466 g/mol. The highest BCUT2D eigenvalue weighted by atomic mass is 32.2. The first-order valence-corrected chi connectivity index (χ1v) is 11.5. The number of amides is 2. The Morgan fingerprint density at radius 1 is 1.00 bits per heavy atom. The number of carbonyl (C=O) groups excluding carboxylic acids is 2. The quantitative estimate of drug-likeness (QED) is 0.544. The van der Waals surface area contributed by atoms with Gasteiger partial charge >= 0.3 is 0 Å². The van der Waals surface area contributed by atoms with Crippen molar-refractivity contribution in [3.05, 3.63) is 65.2 Å². The first kappa shape index (κ1) is 24.0. The lowest BCUT2D eigenvalue weighted by atomic mass is 10.1. The molecular formula is C22H24F2N2O5S. The van der Waals surface area contributed by atoms with E-state index in [0.717, 1.165) is 4.90 Å². The molecule has 0 atom stereocenters. The average molecular weight is 467 g/mol. The van der Waals surface area contributed by atoms with E-state index in [0.29, 0.717) is 9.87 Å². The standard InChI is InChI=1S/C22H24F2N2O5S/c1-16-7-2-5-10-19(16)32(30,31)25(15-22(23,24)11-14-27)12-6-13-26-20(28)17-8-3-4-9-18(17)21(26)29/h2-5,7-10,27H,6,11-15H2,1H3. The second-order valence-electron chi connectivity index (χ2n) is 7.59. The van der Waals surface area contributed by atoms with Gasteiger partial charge in [-0.15, -0.1) is 0 Å². The van der Waals surface area contributed by atoms with Crippen molar-refractivity contribution in [3.8, 4) is 0 Å². The molecule has 2 aromatic rings. The van der Waals surface area contributed by atoms with Crippen molar-refractivity contribution in [3.63, 3.8) is 0 Å². The smallest absolute Gasteiger partial charge is 0.263 e. The van der Waals surface area contributed by atoms with Crippen molar-refractivity contribution in [2.75, 3.05) is 26.2 Å². The summed E-state index contributed by atoms with van der Waals surface area (Å²) in [5.74, 6) is -4.44. The second kappa shape index (κ2) is 9.43. The Bertz CT molecular complexity index is 1090. The lowest BCUT2D eigenvalue weighted by molar-refractivity contribution is -0.0349. The molecule has 2 amide bonds. The van der Waals surface area contributed by atoms with Gasteiger partial charge in [0.05, 0.1) is 22.6 Å². The Morgan fingerprint density at radius 3 is 2.12 bits per heavy atom. The van der Waals surface area contributed by atoms with E-state index in [2.05, 4.69) is 0 Å². The molecule has 0 saturated heterocycles. The van der Waals surface area contributed by atoms with E-state index >= 15 is 0 Å². The number of hydrogen-bond donors (Lipinski definition) is 1. The summed E-state index contributed by atoms with van der Waals surface area (Å²) >= 11 is 0. The molecule has 10 heteroatoms. The van der Waals surface area contributed by atoms with Crippen LogP contribution < -0.4 is 0 Å². The number of sulfonamides is 1. The van der Waals surface area contributed by atoms with E-state index in [1.165, 1.54) is 24.3 Å². The molecule has 1 heterocycles. The zero-order valence-corrected chi connectivity index (χ0v) is 18.3. The number of benzene rings is 2. The fourth-order valence-electron chi connectivity index (χ4n) is 3.62. The van der Waals surface area contributed by atoms with Crippen molar-refractivity contribution >= 4 is 21.8 Å². The fourth-order valence-corrected chi connectivity index (χ4v) is 5.35. The molecule has 0 radical (unpaired) electrons. The first-order valence-electron chi connectivity index (χ1n) is 10.1. The molecule has 0 aliphatic carbocycles. The zero-order chi connectivity index (χ0) is 23.5. The number of fused-ring (bicyclic) bond motifs is 1. The normalized spacial score (nSPS) is 14.3. The van der Waals surface area contributed by atoms with Crippen LogP contribution in [0.25, 0.3) is 0 Å². The minimum Gasteiger partial charge on any atom is -0.396 e. The summed E-state index contributed by atoms with van der Waals surface area (Å²) in [6.07, 6.45) is -0.906. The van der Waals surface area contributed by atoms with E-state index in [4.69, 9.17) is 5.11 Å². The van der Waals surface area contributed by atoms with Gasteiger partial charge in [-0.3, -0.25) is 14.5 Å². The number of nitrogens with zero attached hydrogens (tertiary/aromatic N) is 2. The van der Waals surface area contributed by atoms with Crippen LogP contribution in [0.1, 0.15) is 39.1 Å². The molecule has 0 bridgehead atoms. The van der Waals surface area contributed by atoms with Gasteiger partial charge in [-0.2, -0.15) is 4.31 Å². The average Bonchev–Trinajstić information content (AvgIpc) is 2.98. The van der Waals surface area contributed by atoms with Gasteiger partial charge in [0.25, 0.3) is 17.7 Å². The SMILES string of the molecule is Cc1ccccc1S(=O)(=O)N(CCCN1C(=O)c2ccccc2C1=O)CC(F)(F)CCO. The van der Waals surface area contributed by atoms with E-state index in [1.807, 2.05) is 0 Å². The molecule has 1 aliphatic rings. The molecule has 0 saturated carbocycles. The maximum Gasteiger partial charge on any atom is 0.263 e. The summed E-state index contributed by atoms with van der Waals surface area (Å²) < 4.78 is 55.5. The summed E-state index contributed by atoms with van der Waals surface area (Å²) in [4.78, 5) is 25.9. The summed E-state index contributed by atoms with van der Waals surface area (Å²) in [5.41, 5.74) is 0.927. The molecule has 172 valence electrons. The third-order valence-corrected chi connectivity index (χ3v) is 7.27. The molecule has 1 aliphatic heterocycles. The predicted molar refractivity (Wildman–Crippen MR) is 113 cm³/mol. The van der Waals surface area contributed by atoms with E-state index in [-0.39, 0.29) is 35.5 Å². The van der Waals surface area contributed by atoms with Crippen LogP contribution in [0.5, 0.6) is 0 Å². The fraction of sp³-hybridized carbons (Fsp3) is 0.364. The Kier molecular flexibility index (Phi) is 7.06. The number of aryl methyl sites for hydroxylation is 1. The topological polar surface area (TPSA) is 95.0 Å². The maximum atomic E-state index is 14.3. The van der Waals surface area contributed by atoms with Gasteiger partial charge in [0.1, 0.15) is 0 Å². The van der Waals surface area contributed by atoms with Crippen LogP contribution in [0, 0.1) is 6.92 Å². The van der Waals surface area contributed by atoms with E-state index in [9.17, 15) is 26.8 Å². The number of halogens is 2. The van der Waals surface area contributed by atoms with E-state index < -0.39 is 47.3 Å². The Labute approximate surface area is 185 Å². The van der Waals surface area contributed by atoms with Crippen LogP contribution in [0.2, 0.25) is 0 Å². The van der Waals surface area contributed by atoms with Gasteiger partial charge in [0.2, 0.25) is 10.0 Å². The van der Waals surface area contributed by atoms with Gasteiger partial charge in [-0.05, 0) is 37.1 Å². The number of carbonyl (C=O) groups is 2. The lowest BCUT2D eigenvalue weighted by Gasteiger charge is -2.27. The molecule has 32 heavy (non-hydrogen) atoms. The van der Waals surface area contributed by atoms with Gasteiger partial charge in [-0.1, -0.05) is 30.3 Å². The van der Waals surface area contributed by atoms with Crippen molar-refractivity contribution in [2.24, 2.45) is 0 Å². The third kappa shape index (κ3) is 4.87. The summed E-state index contributed by atoms with van der Waals surface area (Å²) in [6, 6.07) is 12.4. The molecular weight excluding hydrogens is 442 g/mol. The van der Waals surface area contributed by atoms with Crippen molar-refractivity contribution in [1.82, 2.24) is 9.21 Å². The molecule has 0 fully saturated rings. The molecule has 1 N–H and O–H groups in total. The Balaban J connectivity index is 1.79. The molecule has 2 aromatic carbocycles. The van der Waals surface area contributed by atoms with Crippen molar-refractivity contribution in [2.45, 2.75) is 30.6 Å². The summed E-state index contributed by atoms with van der Waals surface area (Å²) in [6.45, 7) is -0.787. The molecule has 0 aromatic heterocycles. The minimum atomic E-state index is -4.28. The van der Waals surface area contributed by atoms with Gasteiger partial charge in [0, 0.05) is 26.1 Å². The first-order chi connectivity index (χ1) is 15.1. The lowest BCUT2D eigenvalue weighted by Crippen LogP contribution is -2.43. The van der Waals surface area contributed by atoms with Gasteiger partial charge in [0.15, 0.2) is 0 Å². The predicted octanol–water partition coefficient (Wildman–Crippen LogP) is 2.69. The van der Waals surface area contributed by atoms with Crippen LogP contribution >= 0.6 is 0 Å². The number of imide groups is 1. The van der Waals surface area contributed by atoms with E-state index in [1.54, 1.807) is 31.2 Å². The Morgan fingerprint density at radius 2 is 1.56 bits per heavy atom. The number of alkyl halides is 2. The number of aliphatic hydroxyl groups is 1. The summed E-state index contributed by atoms with van der Waals surface area (Å²) in [7, 11) is -4.28. The van der Waals surface area contributed by atoms with Crippen LogP contribution in [0.3, 0.4) is 0 Å². The van der Waals surface area contributed by atoms with Crippen LogP contribution in [-0.4, -0.2) is 66.7 Å². The molecule has 3 rings (SSSR count). The zero-order valence-electron chi connectivity index (χ0n) is 17.5. The van der Waals surface area contributed by atoms with Crippen LogP contribution in [0.4, 0.5) is 8.78 Å². The van der Waals surface area contributed by atoms with Crippen molar-refractivity contribution in [1.29, 1.82) is 0 Å². The highest BCUT2D eigenvalue weighted by Gasteiger charge is 2.38. The molecule has 7 nitrogen and oxygen atoms in total. The Hall–Kier alpha value is -2.69. The number of hydrogen-bond acceptors (Lipinski definition) is 5. The largest absolute Gasteiger partial charge is 0.396 e. The van der Waals surface area contributed by atoms with Crippen LogP contribution in [0.15, 0.2) is 53.4 Å². The molecule has 0 spiro atoms. The van der Waals surface area contributed by atoms with Crippen molar-refractivity contribution < 1.29 is 31.9 Å². The maximum absolute atomic E-state index is 14.3. The van der Waals surface area contributed by atoms with Gasteiger partial charge in [-0.25, -0.2) is 17.2 Å².